The Morgan fingerprint density at radius 3 is 2.67 bits per heavy atom. The second kappa shape index (κ2) is 10.3. The molecular formula is C16H21BrFIN4S. The molecule has 0 saturated heterocycles. The van der Waals surface area contributed by atoms with Crippen LogP contribution in [-0.2, 0) is 13.1 Å². The Labute approximate surface area is 171 Å². The molecule has 1 aromatic heterocycles. The fraction of sp³-hybridized carbons (Fsp3) is 0.375. The molecule has 0 spiro atoms. The molecule has 1 aromatic carbocycles. The lowest BCUT2D eigenvalue weighted by molar-refractivity contribution is 0.624. The molecule has 0 radical (unpaired) electrons. The number of nitrogens with zero attached hydrogens (tertiary/aromatic N) is 2. The van der Waals surface area contributed by atoms with Crippen molar-refractivity contribution >= 4 is 57.2 Å². The minimum absolute atomic E-state index is 0. The number of hydrogen-bond acceptors (Lipinski definition) is 3. The van der Waals surface area contributed by atoms with Crippen LogP contribution < -0.4 is 10.6 Å². The summed E-state index contributed by atoms with van der Waals surface area (Å²) >= 11 is 5.05. The van der Waals surface area contributed by atoms with Gasteiger partial charge in [-0.05, 0) is 29.7 Å². The maximum atomic E-state index is 13.3. The molecule has 4 nitrogen and oxygen atoms in total. The van der Waals surface area contributed by atoms with Crippen LogP contribution in [0.2, 0.25) is 0 Å². The highest BCUT2D eigenvalue weighted by Gasteiger charge is 2.07. The lowest BCUT2D eigenvalue weighted by atomic mass is 10.2. The van der Waals surface area contributed by atoms with Gasteiger partial charge in [0.05, 0.1) is 12.2 Å². The minimum Gasteiger partial charge on any atom is -0.352 e. The van der Waals surface area contributed by atoms with Crippen molar-refractivity contribution < 1.29 is 4.39 Å². The molecule has 0 amide bonds. The Kier molecular flexibility index (Phi) is 9.14. The average Bonchev–Trinajstić information content (AvgIpc) is 3.00. The second-order valence-electron chi connectivity index (χ2n) is 5.34. The Morgan fingerprint density at radius 1 is 1.33 bits per heavy atom. The first-order chi connectivity index (χ1) is 11.0. The van der Waals surface area contributed by atoms with Crippen molar-refractivity contribution in [3.63, 3.8) is 0 Å². The van der Waals surface area contributed by atoms with E-state index in [-0.39, 0.29) is 29.8 Å². The minimum atomic E-state index is -0.253. The number of rotatable bonds is 5. The predicted octanol–water partition coefficient (Wildman–Crippen LogP) is 4.65. The number of aliphatic imine (C=N–C) groups is 1. The molecule has 1 heterocycles. The molecule has 0 aliphatic heterocycles. The van der Waals surface area contributed by atoms with Crippen LogP contribution in [0, 0.1) is 5.82 Å². The number of guanidine groups is 1. The van der Waals surface area contributed by atoms with Crippen LogP contribution in [0.15, 0.2) is 33.0 Å². The van der Waals surface area contributed by atoms with Gasteiger partial charge in [0.25, 0.3) is 0 Å². The van der Waals surface area contributed by atoms with E-state index in [1.807, 2.05) is 0 Å². The van der Waals surface area contributed by atoms with Crippen LogP contribution in [0.3, 0.4) is 0 Å². The van der Waals surface area contributed by atoms with Gasteiger partial charge in [-0.1, -0.05) is 29.8 Å². The third-order valence-electron chi connectivity index (χ3n) is 3.25. The van der Waals surface area contributed by atoms with Crippen LogP contribution >= 0.6 is 51.2 Å². The van der Waals surface area contributed by atoms with E-state index < -0.39 is 0 Å². The van der Waals surface area contributed by atoms with Gasteiger partial charge in [0.1, 0.15) is 10.8 Å². The fourth-order valence-corrected chi connectivity index (χ4v) is 3.19. The van der Waals surface area contributed by atoms with E-state index in [0.29, 0.717) is 25.0 Å². The van der Waals surface area contributed by atoms with E-state index in [9.17, 15) is 4.39 Å². The normalized spacial score (nSPS) is 11.3. The number of nitrogens with one attached hydrogen (secondary N) is 2. The van der Waals surface area contributed by atoms with Crippen molar-refractivity contribution in [3.8, 4) is 0 Å². The Bertz CT molecular complexity index is 690. The molecule has 0 aliphatic rings. The summed E-state index contributed by atoms with van der Waals surface area (Å²) in [6.07, 6.45) is 0. The van der Waals surface area contributed by atoms with Gasteiger partial charge in [0, 0.05) is 23.4 Å². The SMILES string of the molecule is CN=C(NCc1nc(C(C)C)cs1)NCc1cc(F)ccc1Br.I. The number of hydrogen-bond donors (Lipinski definition) is 2. The van der Waals surface area contributed by atoms with Gasteiger partial charge in [0.2, 0.25) is 0 Å². The van der Waals surface area contributed by atoms with Gasteiger partial charge >= 0.3 is 0 Å². The van der Waals surface area contributed by atoms with E-state index in [0.717, 1.165) is 20.7 Å². The smallest absolute Gasteiger partial charge is 0.191 e. The average molecular weight is 527 g/mol. The zero-order valence-corrected chi connectivity index (χ0v) is 18.5. The lowest BCUT2D eigenvalue weighted by Crippen LogP contribution is -2.36. The van der Waals surface area contributed by atoms with Crippen molar-refractivity contribution in [2.75, 3.05) is 7.05 Å². The van der Waals surface area contributed by atoms with Gasteiger partial charge in [-0.3, -0.25) is 4.99 Å². The van der Waals surface area contributed by atoms with Crippen LogP contribution in [0.5, 0.6) is 0 Å². The summed E-state index contributed by atoms with van der Waals surface area (Å²) in [5, 5.41) is 9.49. The molecule has 2 N–H and O–H groups in total. The van der Waals surface area contributed by atoms with E-state index in [2.05, 4.69) is 55.8 Å². The maximum absolute atomic E-state index is 13.3. The van der Waals surface area contributed by atoms with Crippen molar-refractivity contribution in [3.05, 3.63) is 50.1 Å². The summed E-state index contributed by atoms with van der Waals surface area (Å²) in [6.45, 7) is 5.35. The van der Waals surface area contributed by atoms with E-state index in [4.69, 9.17) is 0 Å². The molecule has 0 bridgehead atoms. The van der Waals surface area contributed by atoms with Crippen molar-refractivity contribution in [1.29, 1.82) is 0 Å². The van der Waals surface area contributed by atoms with Crippen LogP contribution in [-0.4, -0.2) is 18.0 Å². The summed E-state index contributed by atoms with van der Waals surface area (Å²) < 4.78 is 14.2. The van der Waals surface area contributed by atoms with Gasteiger partial charge in [0.15, 0.2) is 5.96 Å². The molecule has 0 unspecified atom stereocenters. The molecule has 0 atom stereocenters. The Morgan fingerprint density at radius 2 is 2.04 bits per heavy atom. The van der Waals surface area contributed by atoms with E-state index in [1.165, 1.54) is 12.1 Å². The highest BCUT2D eigenvalue weighted by molar-refractivity contribution is 14.0. The van der Waals surface area contributed by atoms with Crippen molar-refractivity contribution in [2.45, 2.75) is 32.9 Å². The molecule has 2 aromatic rings. The number of halogens is 3. The maximum Gasteiger partial charge on any atom is 0.191 e. The highest BCUT2D eigenvalue weighted by Crippen LogP contribution is 2.18. The molecule has 24 heavy (non-hydrogen) atoms. The van der Waals surface area contributed by atoms with Crippen LogP contribution in [0.4, 0.5) is 4.39 Å². The molecule has 0 saturated carbocycles. The summed E-state index contributed by atoms with van der Waals surface area (Å²) in [6, 6.07) is 4.63. The number of benzene rings is 1. The van der Waals surface area contributed by atoms with E-state index >= 15 is 0 Å². The van der Waals surface area contributed by atoms with Gasteiger partial charge < -0.3 is 10.6 Å². The second-order valence-corrected chi connectivity index (χ2v) is 7.13. The van der Waals surface area contributed by atoms with Gasteiger partial charge in [-0.25, -0.2) is 9.37 Å². The number of thiazole rings is 1. The first-order valence-corrected chi connectivity index (χ1v) is 8.99. The summed E-state index contributed by atoms with van der Waals surface area (Å²) in [5.74, 6) is 0.835. The largest absolute Gasteiger partial charge is 0.352 e. The van der Waals surface area contributed by atoms with Crippen molar-refractivity contribution in [1.82, 2.24) is 15.6 Å². The standard InChI is InChI=1S/C16H20BrFN4S.HI/c1-10(2)14-9-23-15(22-14)8-21-16(19-3)20-7-11-6-12(18)4-5-13(11)17;/h4-6,9-10H,7-8H2,1-3H3,(H2,19,20,21);1H. The Hall–Kier alpha value is -0.740. The molecule has 2 rings (SSSR count). The van der Waals surface area contributed by atoms with Crippen LogP contribution in [0.25, 0.3) is 0 Å². The summed E-state index contributed by atoms with van der Waals surface area (Å²) in [4.78, 5) is 8.75. The van der Waals surface area contributed by atoms with Crippen molar-refractivity contribution in [2.24, 2.45) is 4.99 Å². The fourth-order valence-electron chi connectivity index (χ4n) is 1.91. The lowest BCUT2D eigenvalue weighted by Gasteiger charge is -2.12. The summed E-state index contributed by atoms with van der Waals surface area (Å²) in [5.41, 5.74) is 1.95. The van der Waals surface area contributed by atoms with Gasteiger partial charge in [-0.15, -0.1) is 35.3 Å². The number of aromatic nitrogens is 1. The zero-order chi connectivity index (χ0) is 16.8. The molecule has 0 aliphatic carbocycles. The highest BCUT2D eigenvalue weighted by atomic mass is 127. The van der Waals surface area contributed by atoms with Crippen LogP contribution in [0.1, 0.15) is 36.0 Å². The first-order valence-electron chi connectivity index (χ1n) is 7.32. The van der Waals surface area contributed by atoms with Gasteiger partial charge in [-0.2, -0.15) is 0 Å². The predicted molar refractivity (Wildman–Crippen MR) is 113 cm³/mol. The monoisotopic (exact) mass is 526 g/mol. The molecule has 0 fully saturated rings. The third-order valence-corrected chi connectivity index (χ3v) is 4.89. The van der Waals surface area contributed by atoms with E-state index in [1.54, 1.807) is 24.5 Å². The molecular weight excluding hydrogens is 506 g/mol. The molecule has 8 heteroatoms. The Balaban J connectivity index is 0.00000288. The molecule has 132 valence electrons. The summed E-state index contributed by atoms with van der Waals surface area (Å²) in [7, 11) is 1.71. The quantitative estimate of drug-likeness (QED) is 0.338. The zero-order valence-electron chi connectivity index (χ0n) is 13.8. The third kappa shape index (κ3) is 6.29. The first kappa shape index (κ1) is 21.3. The topological polar surface area (TPSA) is 49.3 Å².